The standard InChI is InChI=1S/C24H28N4O3S2/c1-18-8-10-19(11-9-18)33(30,31)28-15-13-26(14-16-28)23(29)17-27-12-4-6-21(27)24-25-20-5-2-3-7-22(20)32-24/h2-3,5,7-11,21H,4,6,12-17H2,1H3. The zero-order valence-electron chi connectivity index (χ0n) is 18.7. The molecule has 1 amide bonds. The van der Waals surface area contributed by atoms with Gasteiger partial charge in [0.15, 0.2) is 0 Å². The number of likely N-dealkylation sites (tertiary alicyclic amines) is 1. The second-order valence-electron chi connectivity index (χ2n) is 8.75. The summed E-state index contributed by atoms with van der Waals surface area (Å²) in [5.74, 6) is 0.0652. The van der Waals surface area contributed by atoms with Gasteiger partial charge in [-0.3, -0.25) is 9.69 Å². The number of rotatable bonds is 5. The average Bonchev–Trinajstić information content (AvgIpc) is 3.46. The molecule has 2 aliphatic rings. The molecule has 174 valence electrons. The Morgan fingerprint density at radius 3 is 2.48 bits per heavy atom. The number of amides is 1. The summed E-state index contributed by atoms with van der Waals surface area (Å²) in [6.07, 6.45) is 2.06. The van der Waals surface area contributed by atoms with Crippen molar-refractivity contribution in [3.63, 3.8) is 0 Å². The lowest BCUT2D eigenvalue weighted by atomic mass is 10.2. The first-order valence-electron chi connectivity index (χ1n) is 11.4. The van der Waals surface area contributed by atoms with Crippen LogP contribution in [0.4, 0.5) is 0 Å². The zero-order chi connectivity index (χ0) is 23.0. The lowest BCUT2D eigenvalue weighted by Crippen LogP contribution is -2.52. The van der Waals surface area contributed by atoms with Gasteiger partial charge in [-0.15, -0.1) is 11.3 Å². The number of aryl methyl sites for hydroxylation is 1. The minimum atomic E-state index is -3.53. The summed E-state index contributed by atoms with van der Waals surface area (Å²) in [5, 5.41) is 1.08. The van der Waals surface area contributed by atoms with E-state index in [2.05, 4.69) is 11.0 Å². The number of nitrogens with zero attached hydrogens (tertiary/aromatic N) is 4. The van der Waals surface area contributed by atoms with Crippen molar-refractivity contribution in [1.29, 1.82) is 0 Å². The van der Waals surface area contributed by atoms with E-state index in [9.17, 15) is 13.2 Å². The summed E-state index contributed by atoms with van der Waals surface area (Å²) in [7, 11) is -3.53. The molecule has 2 aromatic carbocycles. The summed E-state index contributed by atoms with van der Waals surface area (Å²) in [5.41, 5.74) is 2.04. The molecule has 0 N–H and O–H groups in total. The minimum Gasteiger partial charge on any atom is -0.339 e. The summed E-state index contributed by atoms with van der Waals surface area (Å²) >= 11 is 1.71. The van der Waals surface area contributed by atoms with Gasteiger partial charge in [-0.2, -0.15) is 4.31 Å². The molecular formula is C24H28N4O3S2. The molecule has 3 heterocycles. The second kappa shape index (κ2) is 9.13. The summed E-state index contributed by atoms with van der Waals surface area (Å²) in [6.45, 7) is 4.65. The van der Waals surface area contributed by atoms with Crippen LogP contribution in [0.2, 0.25) is 0 Å². The Hall–Kier alpha value is -2.33. The Bertz CT molecular complexity index is 1220. The first kappa shape index (κ1) is 22.5. The van der Waals surface area contributed by atoms with Gasteiger partial charge >= 0.3 is 0 Å². The van der Waals surface area contributed by atoms with E-state index in [-0.39, 0.29) is 11.9 Å². The van der Waals surface area contributed by atoms with Crippen molar-refractivity contribution in [2.24, 2.45) is 0 Å². The molecular weight excluding hydrogens is 456 g/mol. The first-order valence-corrected chi connectivity index (χ1v) is 13.6. The molecule has 7 nitrogen and oxygen atoms in total. The van der Waals surface area contributed by atoms with Crippen LogP contribution in [0, 0.1) is 6.92 Å². The van der Waals surface area contributed by atoms with Gasteiger partial charge in [-0.05, 0) is 50.6 Å². The van der Waals surface area contributed by atoms with Gasteiger partial charge in [0.05, 0.1) is 27.7 Å². The Labute approximate surface area is 198 Å². The first-order chi connectivity index (χ1) is 15.9. The highest BCUT2D eigenvalue weighted by Gasteiger charge is 2.34. The van der Waals surface area contributed by atoms with Crippen LogP contribution in [0.5, 0.6) is 0 Å². The van der Waals surface area contributed by atoms with Crippen molar-refractivity contribution in [3.05, 3.63) is 59.1 Å². The van der Waals surface area contributed by atoms with E-state index in [1.807, 2.05) is 37.3 Å². The van der Waals surface area contributed by atoms with Gasteiger partial charge in [0, 0.05) is 26.2 Å². The van der Waals surface area contributed by atoms with E-state index < -0.39 is 10.0 Å². The third kappa shape index (κ3) is 4.55. The molecule has 1 unspecified atom stereocenters. The smallest absolute Gasteiger partial charge is 0.243 e. The molecule has 0 spiro atoms. The molecule has 5 rings (SSSR count). The Morgan fingerprint density at radius 2 is 1.76 bits per heavy atom. The Balaban J connectivity index is 1.21. The summed E-state index contributed by atoms with van der Waals surface area (Å²) in [6, 6.07) is 15.2. The van der Waals surface area contributed by atoms with Crippen LogP contribution in [0.1, 0.15) is 29.5 Å². The van der Waals surface area contributed by atoms with Crippen molar-refractivity contribution in [1.82, 2.24) is 19.1 Å². The van der Waals surface area contributed by atoms with Gasteiger partial charge in [-0.25, -0.2) is 13.4 Å². The molecule has 3 aromatic rings. The van der Waals surface area contributed by atoms with E-state index in [0.29, 0.717) is 37.6 Å². The lowest BCUT2D eigenvalue weighted by Gasteiger charge is -2.35. The summed E-state index contributed by atoms with van der Waals surface area (Å²) < 4.78 is 28.5. The topological polar surface area (TPSA) is 73.8 Å². The number of para-hydroxylation sites is 1. The molecule has 0 radical (unpaired) electrons. The number of sulfonamides is 1. The van der Waals surface area contributed by atoms with Gasteiger partial charge < -0.3 is 4.90 Å². The van der Waals surface area contributed by atoms with Crippen molar-refractivity contribution >= 4 is 37.5 Å². The van der Waals surface area contributed by atoms with E-state index in [1.54, 1.807) is 28.4 Å². The molecule has 9 heteroatoms. The number of piperazine rings is 1. The molecule has 1 aromatic heterocycles. The average molecular weight is 485 g/mol. The summed E-state index contributed by atoms with van der Waals surface area (Å²) in [4.78, 5) is 22.2. The van der Waals surface area contributed by atoms with Crippen LogP contribution in [0.15, 0.2) is 53.4 Å². The van der Waals surface area contributed by atoms with Crippen LogP contribution < -0.4 is 0 Å². The van der Waals surface area contributed by atoms with E-state index in [0.717, 1.165) is 35.5 Å². The van der Waals surface area contributed by atoms with E-state index in [1.165, 1.54) is 9.01 Å². The Kier molecular flexibility index (Phi) is 6.22. The van der Waals surface area contributed by atoms with Crippen molar-refractivity contribution < 1.29 is 13.2 Å². The monoisotopic (exact) mass is 484 g/mol. The molecule has 0 saturated carbocycles. The fourth-order valence-corrected chi connectivity index (χ4v) is 7.20. The maximum atomic E-state index is 13.1. The predicted octanol–water partition coefficient (Wildman–Crippen LogP) is 3.27. The second-order valence-corrected chi connectivity index (χ2v) is 11.7. The highest BCUT2D eigenvalue weighted by Crippen LogP contribution is 2.36. The number of aromatic nitrogens is 1. The Morgan fingerprint density at radius 1 is 1.03 bits per heavy atom. The number of benzene rings is 2. The third-order valence-corrected chi connectivity index (χ3v) is 9.60. The molecule has 33 heavy (non-hydrogen) atoms. The molecule has 2 aliphatic heterocycles. The normalized spacial score (nSPS) is 20.5. The number of hydrogen-bond acceptors (Lipinski definition) is 6. The van der Waals surface area contributed by atoms with Crippen LogP contribution in [-0.4, -0.2) is 72.7 Å². The maximum absolute atomic E-state index is 13.1. The number of hydrogen-bond donors (Lipinski definition) is 0. The largest absolute Gasteiger partial charge is 0.339 e. The van der Waals surface area contributed by atoms with Crippen LogP contribution >= 0.6 is 11.3 Å². The number of thiazole rings is 1. The molecule has 0 bridgehead atoms. The van der Waals surface area contributed by atoms with Gasteiger partial charge in [0.25, 0.3) is 0 Å². The highest BCUT2D eigenvalue weighted by molar-refractivity contribution is 7.89. The predicted molar refractivity (Wildman–Crippen MR) is 130 cm³/mol. The molecule has 0 aliphatic carbocycles. The highest BCUT2D eigenvalue weighted by atomic mass is 32.2. The van der Waals surface area contributed by atoms with Crippen molar-refractivity contribution in [2.75, 3.05) is 39.3 Å². The van der Waals surface area contributed by atoms with Gasteiger partial charge in [-0.1, -0.05) is 29.8 Å². The minimum absolute atomic E-state index is 0.0652. The van der Waals surface area contributed by atoms with Crippen molar-refractivity contribution in [2.45, 2.75) is 30.7 Å². The number of carbonyl (C=O) groups is 1. The van der Waals surface area contributed by atoms with Crippen LogP contribution in [0.3, 0.4) is 0 Å². The zero-order valence-corrected chi connectivity index (χ0v) is 20.3. The quantitative estimate of drug-likeness (QED) is 0.556. The SMILES string of the molecule is Cc1ccc(S(=O)(=O)N2CCN(C(=O)CN3CCCC3c3nc4ccccc4s3)CC2)cc1. The van der Waals surface area contributed by atoms with Gasteiger partial charge in [0.1, 0.15) is 5.01 Å². The van der Waals surface area contributed by atoms with Crippen molar-refractivity contribution in [3.8, 4) is 0 Å². The molecule has 2 fully saturated rings. The third-order valence-electron chi connectivity index (χ3n) is 6.55. The fraction of sp³-hybridized carbons (Fsp3) is 0.417. The molecule has 2 saturated heterocycles. The van der Waals surface area contributed by atoms with Crippen LogP contribution in [-0.2, 0) is 14.8 Å². The molecule has 1 atom stereocenters. The maximum Gasteiger partial charge on any atom is 0.243 e. The van der Waals surface area contributed by atoms with Gasteiger partial charge in [0.2, 0.25) is 15.9 Å². The van der Waals surface area contributed by atoms with E-state index in [4.69, 9.17) is 4.98 Å². The number of fused-ring (bicyclic) bond motifs is 1. The fourth-order valence-electron chi connectivity index (χ4n) is 4.64. The lowest BCUT2D eigenvalue weighted by molar-refractivity contribution is -0.133. The van der Waals surface area contributed by atoms with Crippen LogP contribution in [0.25, 0.3) is 10.2 Å². The number of carbonyl (C=O) groups excluding carboxylic acids is 1. The van der Waals surface area contributed by atoms with E-state index >= 15 is 0 Å².